The molecule has 6 nitrogen and oxygen atoms in total. The summed E-state index contributed by atoms with van der Waals surface area (Å²) in [5.74, 6) is 0.335. The molecule has 0 amide bonds. The Morgan fingerprint density at radius 3 is 2.62 bits per heavy atom. The third-order valence-electron chi connectivity index (χ3n) is 1.97. The third kappa shape index (κ3) is 2.17. The summed E-state index contributed by atoms with van der Waals surface area (Å²) in [7, 11) is 1.38. The number of rotatable bonds is 4. The van der Waals surface area contributed by atoms with Gasteiger partial charge in [-0.05, 0) is 12.1 Å². The number of nitrogens with zero attached hydrogens (tertiary/aromatic N) is 1. The second-order valence-corrected chi connectivity index (χ2v) is 2.83. The lowest BCUT2D eigenvalue weighted by atomic mass is 10.1. The molecule has 1 rings (SSSR count). The molecule has 1 aromatic carbocycles. The van der Waals surface area contributed by atoms with Crippen LogP contribution in [0.3, 0.4) is 0 Å². The van der Waals surface area contributed by atoms with Crippen molar-refractivity contribution in [1.29, 1.82) is 0 Å². The van der Waals surface area contributed by atoms with Crippen LogP contribution in [0.5, 0.6) is 5.75 Å². The standard InChI is InChI=1S/C10H9NO5/c1-16-8-2-3-10(11(14)15)9(4-8)7(5-12)6-13/h2-6,12H,1H3/p-1/b7-5-. The molecule has 0 radical (unpaired) electrons. The Morgan fingerprint density at radius 2 is 2.19 bits per heavy atom. The molecule has 0 spiro atoms. The van der Waals surface area contributed by atoms with E-state index in [1.807, 2.05) is 0 Å². The second-order valence-electron chi connectivity index (χ2n) is 2.83. The molecule has 0 saturated carbocycles. The first kappa shape index (κ1) is 11.7. The summed E-state index contributed by atoms with van der Waals surface area (Å²) in [6, 6.07) is 3.84. The molecule has 84 valence electrons. The Bertz CT molecular complexity index is 453. The summed E-state index contributed by atoms with van der Waals surface area (Å²) in [5, 5.41) is 21.3. The van der Waals surface area contributed by atoms with Crippen molar-refractivity contribution < 1.29 is 19.6 Å². The summed E-state index contributed by atoms with van der Waals surface area (Å²) in [6.07, 6.45) is 0.545. The lowest BCUT2D eigenvalue weighted by molar-refractivity contribution is -0.385. The monoisotopic (exact) mass is 222 g/mol. The van der Waals surface area contributed by atoms with E-state index in [1.165, 1.54) is 25.3 Å². The fraction of sp³-hybridized carbons (Fsp3) is 0.100. The van der Waals surface area contributed by atoms with Gasteiger partial charge < -0.3 is 9.84 Å². The van der Waals surface area contributed by atoms with Crippen LogP contribution < -0.4 is 9.84 Å². The van der Waals surface area contributed by atoms with Crippen LogP contribution in [0.1, 0.15) is 5.56 Å². The molecule has 1 aromatic rings. The quantitative estimate of drug-likeness (QED) is 0.243. The van der Waals surface area contributed by atoms with Crippen LogP contribution in [0.2, 0.25) is 0 Å². The van der Waals surface area contributed by atoms with Crippen LogP contribution in [0.4, 0.5) is 5.69 Å². The maximum absolute atomic E-state index is 10.7. The maximum Gasteiger partial charge on any atom is 0.277 e. The van der Waals surface area contributed by atoms with Crippen molar-refractivity contribution in [2.45, 2.75) is 0 Å². The number of benzene rings is 1. The second kappa shape index (κ2) is 4.92. The van der Waals surface area contributed by atoms with Crippen molar-refractivity contribution >= 4 is 17.5 Å². The van der Waals surface area contributed by atoms with Gasteiger partial charge in [0.25, 0.3) is 5.69 Å². The predicted molar refractivity (Wildman–Crippen MR) is 53.7 cm³/mol. The van der Waals surface area contributed by atoms with Gasteiger partial charge in [-0.15, -0.1) is 6.26 Å². The van der Waals surface area contributed by atoms with E-state index in [0.29, 0.717) is 5.75 Å². The van der Waals surface area contributed by atoms with E-state index in [1.54, 1.807) is 0 Å². The minimum absolute atomic E-state index is 0.0469. The number of carbonyl (C=O) groups excluding carboxylic acids is 1. The molecule has 0 aliphatic rings. The van der Waals surface area contributed by atoms with Crippen molar-refractivity contribution in [3.05, 3.63) is 40.1 Å². The first-order valence-electron chi connectivity index (χ1n) is 4.24. The van der Waals surface area contributed by atoms with Crippen molar-refractivity contribution in [3.8, 4) is 5.75 Å². The highest BCUT2D eigenvalue weighted by Crippen LogP contribution is 2.28. The van der Waals surface area contributed by atoms with Crippen LogP contribution in [0, 0.1) is 10.1 Å². The van der Waals surface area contributed by atoms with E-state index < -0.39 is 4.92 Å². The van der Waals surface area contributed by atoms with Crippen LogP contribution in [-0.4, -0.2) is 18.3 Å². The molecule has 0 aliphatic heterocycles. The van der Waals surface area contributed by atoms with Gasteiger partial charge in [0.05, 0.1) is 17.6 Å². The zero-order valence-corrected chi connectivity index (χ0v) is 8.38. The first-order valence-corrected chi connectivity index (χ1v) is 4.24. The summed E-state index contributed by atoms with van der Waals surface area (Å²) < 4.78 is 4.86. The number of allylic oxidation sites excluding steroid dienone is 1. The predicted octanol–water partition coefficient (Wildman–Crippen LogP) is 0.503. The van der Waals surface area contributed by atoms with Crippen LogP contribution in [0.25, 0.3) is 5.57 Å². The van der Waals surface area contributed by atoms with E-state index >= 15 is 0 Å². The topological polar surface area (TPSA) is 92.5 Å². The van der Waals surface area contributed by atoms with Gasteiger partial charge in [0.2, 0.25) is 0 Å². The molecule has 0 heterocycles. The Balaban J connectivity index is 3.42. The minimum Gasteiger partial charge on any atom is -0.877 e. The Kier molecular flexibility index (Phi) is 3.60. The molecular weight excluding hydrogens is 214 g/mol. The molecular formula is C10H8NO5-. The zero-order valence-electron chi connectivity index (χ0n) is 8.38. The summed E-state index contributed by atoms with van der Waals surface area (Å²) >= 11 is 0. The highest BCUT2D eigenvalue weighted by atomic mass is 16.6. The third-order valence-corrected chi connectivity index (χ3v) is 1.97. The van der Waals surface area contributed by atoms with E-state index in [9.17, 15) is 20.0 Å². The van der Waals surface area contributed by atoms with Crippen LogP contribution >= 0.6 is 0 Å². The molecule has 6 heteroatoms. The molecule has 0 atom stereocenters. The van der Waals surface area contributed by atoms with Gasteiger partial charge in [-0.2, -0.15) is 0 Å². The molecule has 0 aromatic heterocycles. The Labute approximate surface area is 90.9 Å². The van der Waals surface area contributed by atoms with Gasteiger partial charge >= 0.3 is 0 Å². The van der Waals surface area contributed by atoms with Gasteiger partial charge in [-0.25, -0.2) is 0 Å². The van der Waals surface area contributed by atoms with Crippen molar-refractivity contribution in [2.75, 3.05) is 7.11 Å². The maximum atomic E-state index is 10.7. The lowest BCUT2D eigenvalue weighted by Crippen LogP contribution is -2.00. The van der Waals surface area contributed by atoms with Gasteiger partial charge in [0.15, 0.2) is 0 Å². The number of ether oxygens (including phenoxy) is 1. The highest BCUT2D eigenvalue weighted by molar-refractivity contribution is 6.08. The largest absolute Gasteiger partial charge is 0.877 e. The number of aldehydes is 1. The van der Waals surface area contributed by atoms with Gasteiger partial charge in [0.1, 0.15) is 12.0 Å². The van der Waals surface area contributed by atoms with Gasteiger partial charge in [-0.3, -0.25) is 14.9 Å². The molecule has 0 aliphatic carbocycles. The lowest BCUT2D eigenvalue weighted by Gasteiger charge is -2.06. The minimum atomic E-state index is -0.665. The first-order chi connectivity index (χ1) is 7.63. The summed E-state index contributed by atoms with van der Waals surface area (Å²) in [5.41, 5.74) is -0.644. The normalized spacial score (nSPS) is 10.9. The smallest absolute Gasteiger partial charge is 0.277 e. The van der Waals surface area contributed by atoms with Crippen molar-refractivity contribution in [2.24, 2.45) is 0 Å². The summed E-state index contributed by atoms with van der Waals surface area (Å²) in [4.78, 5) is 20.6. The SMILES string of the molecule is COc1ccc([N+](=O)[O-])c(/C(C=O)=C\[O-])c1. The van der Waals surface area contributed by atoms with E-state index in [0.717, 1.165) is 0 Å². The average molecular weight is 222 g/mol. The molecule has 0 bridgehead atoms. The Hall–Kier alpha value is -2.37. The van der Waals surface area contributed by atoms with Gasteiger partial charge in [-0.1, -0.05) is 0 Å². The number of carbonyl (C=O) groups is 1. The molecule has 0 unspecified atom stereocenters. The van der Waals surface area contributed by atoms with E-state index in [2.05, 4.69) is 0 Å². The van der Waals surface area contributed by atoms with Crippen LogP contribution in [-0.2, 0) is 4.79 Å². The molecule has 0 saturated heterocycles. The number of nitro groups is 1. The average Bonchev–Trinajstić information content (AvgIpc) is 2.30. The summed E-state index contributed by atoms with van der Waals surface area (Å²) in [6.45, 7) is 0. The Morgan fingerprint density at radius 1 is 1.50 bits per heavy atom. The fourth-order valence-corrected chi connectivity index (χ4v) is 1.19. The van der Waals surface area contributed by atoms with Crippen molar-refractivity contribution in [3.63, 3.8) is 0 Å². The van der Waals surface area contributed by atoms with Crippen molar-refractivity contribution in [1.82, 2.24) is 0 Å². The van der Waals surface area contributed by atoms with E-state index in [-0.39, 0.29) is 29.4 Å². The van der Waals surface area contributed by atoms with Gasteiger partial charge in [0, 0.05) is 11.6 Å². The van der Waals surface area contributed by atoms with E-state index in [4.69, 9.17) is 4.74 Å². The molecule has 0 fully saturated rings. The number of methoxy groups -OCH3 is 1. The molecule has 0 N–H and O–H groups in total. The van der Waals surface area contributed by atoms with Crippen LogP contribution in [0.15, 0.2) is 24.5 Å². The number of nitro benzene ring substituents is 1. The highest BCUT2D eigenvalue weighted by Gasteiger charge is 2.16. The number of hydrogen-bond donors (Lipinski definition) is 0. The number of hydrogen-bond acceptors (Lipinski definition) is 5. The fourth-order valence-electron chi connectivity index (χ4n) is 1.19. The zero-order chi connectivity index (χ0) is 12.1. The molecule has 16 heavy (non-hydrogen) atoms.